The fraction of sp³-hybridized carbons (Fsp3) is 0.208. The summed E-state index contributed by atoms with van der Waals surface area (Å²) in [6, 6.07) is 19.4. The lowest BCUT2D eigenvalue weighted by atomic mass is 10.1. The van der Waals surface area contributed by atoms with Gasteiger partial charge in [0.15, 0.2) is 23.1 Å². The van der Waals surface area contributed by atoms with E-state index in [1.807, 2.05) is 18.2 Å². The van der Waals surface area contributed by atoms with E-state index in [-0.39, 0.29) is 24.0 Å². The molecule has 30 heavy (non-hydrogen) atoms. The first-order valence-electron chi connectivity index (χ1n) is 9.77. The molecule has 0 atom stereocenters. The molecule has 156 valence electrons. The fourth-order valence-electron chi connectivity index (χ4n) is 3.01. The van der Waals surface area contributed by atoms with Gasteiger partial charge in [-0.3, -0.25) is 4.79 Å². The van der Waals surface area contributed by atoms with E-state index in [4.69, 9.17) is 15.2 Å². The van der Waals surface area contributed by atoms with Gasteiger partial charge >= 0.3 is 0 Å². The van der Waals surface area contributed by atoms with Crippen LogP contribution < -0.4 is 20.5 Å². The number of hydrogen-bond acceptors (Lipinski definition) is 4. The standard InChI is InChI=1S/C24H25FN2O3/c1-29-22-12-10-19(24(28)27-13-5-8-17-6-3-2-4-7-17)15-23(22)30-21-11-9-18(16-26)14-20(21)25/h2-4,6-7,9-12,14-15H,5,8,13,16,26H2,1H3,(H,27,28). The smallest absolute Gasteiger partial charge is 0.251 e. The number of amides is 1. The van der Waals surface area contributed by atoms with E-state index in [9.17, 15) is 9.18 Å². The molecule has 0 saturated carbocycles. The molecule has 0 fully saturated rings. The summed E-state index contributed by atoms with van der Waals surface area (Å²) in [6.07, 6.45) is 1.71. The lowest BCUT2D eigenvalue weighted by Crippen LogP contribution is -2.24. The van der Waals surface area contributed by atoms with E-state index in [1.54, 1.807) is 24.3 Å². The number of rotatable bonds is 9. The van der Waals surface area contributed by atoms with Gasteiger partial charge in [-0.25, -0.2) is 4.39 Å². The van der Waals surface area contributed by atoms with Gasteiger partial charge < -0.3 is 20.5 Å². The molecule has 0 aliphatic heterocycles. The van der Waals surface area contributed by atoms with Crippen molar-refractivity contribution in [2.75, 3.05) is 13.7 Å². The van der Waals surface area contributed by atoms with Gasteiger partial charge in [-0.05, 0) is 54.3 Å². The number of methoxy groups -OCH3 is 1. The van der Waals surface area contributed by atoms with Gasteiger partial charge in [0.25, 0.3) is 5.91 Å². The maximum Gasteiger partial charge on any atom is 0.251 e. The Kier molecular flexibility index (Phi) is 7.40. The number of carbonyl (C=O) groups is 1. The number of halogens is 1. The van der Waals surface area contributed by atoms with Crippen LogP contribution in [-0.4, -0.2) is 19.6 Å². The quantitative estimate of drug-likeness (QED) is 0.513. The number of benzene rings is 3. The summed E-state index contributed by atoms with van der Waals surface area (Å²) in [4.78, 5) is 12.5. The largest absolute Gasteiger partial charge is 0.493 e. The van der Waals surface area contributed by atoms with Crippen LogP contribution in [0.3, 0.4) is 0 Å². The molecule has 0 aliphatic carbocycles. The van der Waals surface area contributed by atoms with E-state index < -0.39 is 5.82 Å². The molecule has 6 heteroatoms. The van der Waals surface area contributed by atoms with Gasteiger partial charge in [0.2, 0.25) is 0 Å². The maximum atomic E-state index is 14.3. The Morgan fingerprint density at radius 3 is 2.43 bits per heavy atom. The number of aryl methyl sites for hydroxylation is 1. The molecule has 0 spiro atoms. The lowest BCUT2D eigenvalue weighted by Gasteiger charge is -2.13. The van der Waals surface area contributed by atoms with E-state index in [0.717, 1.165) is 12.8 Å². The molecule has 3 rings (SSSR count). The molecule has 3 aromatic rings. The number of nitrogens with two attached hydrogens (primary N) is 1. The zero-order valence-corrected chi connectivity index (χ0v) is 16.9. The van der Waals surface area contributed by atoms with Crippen molar-refractivity contribution in [2.24, 2.45) is 5.73 Å². The summed E-state index contributed by atoms with van der Waals surface area (Å²) < 4.78 is 25.2. The number of ether oxygens (including phenoxy) is 2. The minimum atomic E-state index is -0.532. The molecular weight excluding hydrogens is 383 g/mol. The van der Waals surface area contributed by atoms with Crippen LogP contribution in [0.2, 0.25) is 0 Å². The highest BCUT2D eigenvalue weighted by Crippen LogP contribution is 2.33. The van der Waals surface area contributed by atoms with Crippen molar-refractivity contribution in [1.29, 1.82) is 0 Å². The third-order valence-corrected chi connectivity index (χ3v) is 4.65. The van der Waals surface area contributed by atoms with Crippen molar-refractivity contribution in [1.82, 2.24) is 5.32 Å². The third-order valence-electron chi connectivity index (χ3n) is 4.65. The van der Waals surface area contributed by atoms with Gasteiger partial charge in [0.05, 0.1) is 7.11 Å². The Balaban J connectivity index is 1.65. The van der Waals surface area contributed by atoms with Gasteiger partial charge in [0.1, 0.15) is 0 Å². The Hall–Kier alpha value is -3.38. The van der Waals surface area contributed by atoms with Crippen molar-refractivity contribution in [3.63, 3.8) is 0 Å². The van der Waals surface area contributed by atoms with Gasteiger partial charge in [0, 0.05) is 18.7 Å². The molecule has 0 radical (unpaired) electrons. The summed E-state index contributed by atoms with van der Waals surface area (Å²) in [5.41, 5.74) is 7.83. The van der Waals surface area contributed by atoms with Crippen molar-refractivity contribution in [2.45, 2.75) is 19.4 Å². The van der Waals surface area contributed by atoms with Gasteiger partial charge in [-0.2, -0.15) is 0 Å². The molecule has 5 nitrogen and oxygen atoms in total. The summed E-state index contributed by atoms with van der Waals surface area (Å²) in [5.74, 6) is -0.0667. The Bertz CT molecular complexity index is 993. The van der Waals surface area contributed by atoms with Crippen molar-refractivity contribution in [3.8, 4) is 17.2 Å². The van der Waals surface area contributed by atoms with E-state index >= 15 is 0 Å². The Morgan fingerprint density at radius 2 is 1.73 bits per heavy atom. The first-order valence-corrected chi connectivity index (χ1v) is 9.77. The highest BCUT2D eigenvalue weighted by atomic mass is 19.1. The molecule has 0 aliphatic rings. The average molecular weight is 408 g/mol. The zero-order valence-electron chi connectivity index (χ0n) is 16.9. The minimum absolute atomic E-state index is 0.0333. The highest BCUT2D eigenvalue weighted by Gasteiger charge is 2.14. The van der Waals surface area contributed by atoms with Crippen LogP contribution in [0, 0.1) is 5.82 Å². The highest BCUT2D eigenvalue weighted by molar-refractivity contribution is 5.94. The maximum absolute atomic E-state index is 14.3. The van der Waals surface area contributed by atoms with E-state index in [2.05, 4.69) is 17.4 Å². The summed E-state index contributed by atoms with van der Waals surface area (Å²) in [5, 5.41) is 2.90. The molecule has 0 heterocycles. The predicted octanol–water partition coefficient (Wildman–Crippen LogP) is 4.45. The summed E-state index contributed by atoms with van der Waals surface area (Å²) >= 11 is 0. The first kappa shape index (κ1) is 21.3. The van der Waals surface area contributed by atoms with Crippen LogP contribution >= 0.6 is 0 Å². The lowest BCUT2D eigenvalue weighted by molar-refractivity contribution is 0.0953. The van der Waals surface area contributed by atoms with Crippen LogP contribution in [0.4, 0.5) is 4.39 Å². The van der Waals surface area contributed by atoms with Gasteiger partial charge in [-0.1, -0.05) is 36.4 Å². The second kappa shape index (κ2) is 10.4. The van der Waals surface area contributed by atoms with Crippen LogP contribution in [0.25, 0.3) is 0 Å². The minimum Gasteiger partial charge on any atom is -0.493 e. The van der Waals surface area contributed by atoms with Crippen LogP contribution in [-0.2, 0) is 13.0 Å². The van der Waals surface area contributed by atoms with Crippen LogP contribution in [0.15, 0.2) is 66.7 Å². The fourth-order valence-corrected chi connectivity index (χ4v) is 3.01. The number of hydrogen-bond donors (Lipinski definition) is 2. The topological polar surface area (TPSA) is 73.6 Å². The predicted molar refractivity (Wildman–Crippen MR) is 114 cm³/mol. The number of nitrogens with one attached hydrogen (secondary N) is 1. The SMILES string of the molecule is COc1ccc(C(=O)NCCCc2ccccc2)cc1Oc1ccc(CN)cc1F. The third kappa shape index (κ3) is 5.58. The first-order chi connectivity index (χ1) is 14.6. The molecule has 0 aromatic heterocycles. The molecular formula is C24H25FN2O3. The summed E-state index contributed by atoms with van der Waals surface area (Å²) in [6.45, 7) is 0.783. The van der Waals surface area contributed by atoms with E-state index in [1.165, 1.54) is 24.8 Å². The van der Waals surface area contributed by atoms with Gasteiger partial charge in [-0.15, -0.1) is 0 Å². The van der Waals surface area contributed by atoms with Crippen molar-refractivity contribution in [3.05, 3.63) is 89.2 Å². The molecule has 1 amide bonds. The van der Waals surface area contributed by atoms with E-state index in [0.29, 0.717) is 23.4 Å². The molecule has 0 saturated heterocycles. The Labute approximate surface area is 175 Å². The summed E-state index contributed by atoms with van der Waals surface area (Å²) in [7, 11) is 1.49. The molecule has 3 aromatic carbocycles. The second-order valence-corrected chi connectivity index (χ2v) is 6.78. The normalized spacial score (nSPS) is 10.5. The average Bonchev–Trinajstić information content (AvgIpc) is 2.78. The molecule has 3 N–H and O–H groups in total. The molecule has 0 unspecified atom stereocenters. The van der Waals surface area contributed by atoms with Crippen molar-refractivity contribution >= 4 is 5.91 Å². The second-order valence-electron chi connectivity index (χ2n) is 6.78. The number of carbonyl (C=O) groups excluding carboxylic acids is 1. The molecule has 0 bridgehead atoms. The van der Waals surface area contributed by atoms with Crippen LogP contribution in [0.5, 0.6) is 17.2 Å². The van der Waals surface area contributed by atoms with Crippen molar-refractivity contribution < 1.29 is 18.7 Å². The Morgan fingerprint density at radius 1 is 0.967 bits per heavy atom. The van der Waals surface area contributed by atoms with Crippen LogP contribution in [0.1, 0.15) is 27.9 Å². The monoisotopic (exact) mass is 408 g/mol. The zero-order chi connectivity index (χ0) is 21.3.